The number of phenols is 1. The van der Waals surface area contributed by atoms with Crippen LogP contribution in [0.5, 0.6) is 5.75 Å². The molecule has 0 radical (unpaired) electrons. The lowest BCUT2D eigenvalue weighted by atomic mass is 10.1. The second-order valence-electron chi connectivity index (χ2n) is 4.04. The number of aliphatic imine (C=N–C) groups is 1. The Morgan fingerprint density at radius 2 is 1.67 bits per heavy atom. The van der Waals surface area contributed by atoms with E-state index in [1.807, 2.05) is 43.3 Å². The third kappa shape index (κ3) is 2.86. The summed E-state index contributed by atoms with van der Waals surface area (Å²) in [6.07, 6.45) is 1.81. The van der Waals surface area contributed by atoms with Crippen molar-refractivity contribution in [2.24, 2.45) is 4.99 Å². The summed E-state index contributed by atoms with van der Waals surface area (Å²) in [5.74, 6) is 0.266. The molecule has 0 amide bonds. The molecular weight excluding hydrogens is 222 g/mol. The third-order valence-corrected chi connectivity index (χ3v) is 2.71. The maximum Gasteiger partial charge on any atom is 0.115 e. The number of benzene rings is 2. The molecule has 18 heavy (non-hydrogen) atoms. The zero-order chi connectivity index (χ0) is 13.0. The molecule has 0 spiro atoms. The molecule has 2 aromatic rings. The number of hydrogen-bond donors (Lipinski definition) is 1. The quantitative estimate of drug-likeness (QED) is 0.798. The van der Waals surface area contributed by atoms with E-state index in [0.29, 0.717) is 0 Å². The molecule has 2 rings (SSSR count). The Morgan fingerprint density at radius 3 is 2.22 bits per heavy atom. The number of nitrogens with zero attached hydrogens (tertiary/aromatic N) is 1. The van der Waals surface area contributed by atoms with Crippen LogP contribution in [0, 0.1) is 0 Å². The van der Waals surface area contributed by atoms with Gasteiger partial charge in [-0.2, -0.15) is 0 Å². The minimum Gasteiger partial charge on any atom is -0.508 e. The first-order chi connectivity index (χ1) is 8.69. The number of hydrogen-bond acceptors (Lipinski definition) is 2. The van der Waals surface area contributed by atoms with Crippen LogP contribution in [0.15, 0.2) is 60.1 Å². The zero-order valence-corrected chi connectivity index (χ0v) is 10.3. The SMILES string of the molecule is C=Cc1ccc(/N=C(\C)c2ccc(O)cc2)cc1. The summed E-state index contributed by atoms with van der Waals surface area (Å²) in [7, 11) is 0. The average Bonchev–Trinajstić information content (AvgIpc) is 2.40. The van der Waals surface area contributed by atoms with Crippen LogP contribution >= 0.6 is 0 Å². The van der Waals surface area contributed by atoms with Gasteiger partial charge in [0.15, 0.2) is 0 Å². The maximum absolute atomic E-state index is 9.24. The van der Waals surface area contributed by atoms with Crippen molar-refractivity contribution in [3.63, 3.8) is 0 Å². The minimum absolute atomic E-state index is 0.266. The summed E-state index contributed by atoms with van der Waals surface area (Å²) in [5.41, 5.74) is 3.91. The highest BCUT2D eigenvalue weighted by Gasteiger charge is 1.98. The van der Waals surface area contributed by atoms with Gasteiger partial charge in [0.2, 0.25) is 0 Å². The van der Waals surface area contributed by atoms with Crippen LogP contribution in [-0.4, -0.2) is 10.8 Å². The van der Waals surface area contributed by atoms with Crippen LogP contribution in [0.4, 0.5) is 5.69 Å². The molecule has 2 nitrogen and oxygen atoms in total. The minimum atomic E-state index is 0.266. The summed E-state index contributed by atoms with van der Waals surface area (Å²) >= 11 is 0. The Hall–Kier alpha value is -2.35. The fraction of sp³-hybridized carbons (Fsp3) is 0.0625. The van der Waals surface area contributed by atoms with Crippen LogP contribution < -0.4 is 0 Å². The fourth-order valence-corrected chi connectivity index (χ4v) is 1.65. The molecule has 2 heteroatoms. The largest absolute Gasteiger partial charge is 0.508 e. The Labute approximate surface area is 107 Å². The molecule has 90 valence electrons. The van der Waals surface area contributed by atoms with Gasteiger partial charge < -0.3 is 5.11 Å². The van der Waals surface area contributed by atoms with E-state index < -0.39 is 0 Å². The summed E-state index contributed by atoms with van der Waals surface area (Å²) in [4.78, 5) is 4.54. The molecule has 0 unspecified atom stereocenters. The molecule has 0 fully saturated rings. The highest BCUT2D eigenvalue weighted by atomic mass is 16.3. The summed E-state index contributed by atoms with van der Waals surface area (Å²) < 4.78 is 0. The van der Waals surface area contributed by atoms with Crippen molar-refractivity contribution in [3.05, 3.63) is 66.2 Å². The standard InChI is InChI=1S/C16H15NO/c1-3-13-4-8-15(9-5-13)17-12(2)14-6-10-16(18)11-7-14/h3-11,18H,1H2,2H3/b17-12+. The normalized spacial score (nSPS) is 11.3. The van der Waals surface area contributed by atoms with Crippen molar-refractivity contribution < 1.29 is 5.11 Å². The van der Waals surface area contributed by atoms with E-state index in [9.17, 15) is 5.11 Å². The molecule has 0 aliphatic carbocycles. The van der Waals surface area contributed by atoms with Gasteiger partial charge in [-0.3, -0.25) is 4.99 Å². The van der Waals surface area contributed by atoms with Gasteiger partial charge in [0.25, 0.3) is 0 Å². The van der Waals surface area contributed by atoms with Crippen LogP contribution in [0.2, 0.25) is 0 Å². The van der Waals surface area contributed by atoms with Gasteiger partial charge in [-0.15, -0.1) is 0 Å². The first-order valence-electron chi connectivity index (χ1n) is 5.76. The van der Waals surface area contributed by atoms with Gasteiger partial charge in [0.05, 0.1) is 5.69 Å². The Kier molecular flexibility index (Phi) is 3.58. The molecule has 0 saturated carbocycles. The number of rotatable bonds is 3. The smallest absolute Gasteiger partial charge is 0.115 e. The molecule has 0 aliphatic rings. The van der Waals surface area contributed by atoms with E-state index in [1.165, 1.54) is 0 Å². The van der Waals surface area contributed by atoms with Gasteiger partial charge in [-0.25, -0.2) is 0 Å². The van der Waals surface area contributed by atoms with E-state index in [4.69, 9.17) is 0 Å². The van der Waals surface area contributed by atoms with Crippen molar-refractivity contribution >= 4 is 17.5 Å². The molecule has 0 saturated heterocycles. The predicted molar refractivity (Wildman–Crippen MR) is 76.5 cm³/mol. The molecule has 0 atom stereocenters. The lowest BCUT2D eigenvalue weighted by Crippen LogP contribution is -1.92. The van der Waals surface area contributed by atoms with Crippen molar-refractivity contribution in [3.8, 4) is 5.75 Å². The average molecular weight is 237 g/mol. The van der Waals surface area contributed by atoms with Gasteiger partial charge in [0.1, 0.15) is 5.75 Å². The van der Waals surface area contributed by atoms with Crippen molar-refractivity contribution in [2.45, 2.75) is 6.92 Å². The zero-order valence-electron chi connectivity index (χ0n) is 10.3. The van der Waals surface area contributed by atoms with Crippen LogP contribution in [0.1, 0.15) is 18.1 Å². The van der Waals surface area contributed by atoms with Crippen molar-refractivity contribution in [1.29, 1.82) is 0 Å². The molecule has 0 aliphatic heterocycles. The van der Waals surface area contributed by atoms with Crippen LogP contribution in [0.3, 0.4) is 0 Å². The van der Waals surface area contributed by atoms with Crippen molar-refractivity contribution in [1.82, 2.24) is 0 Å². The highest BCUT2D eigenvalue weighted by molar-refractivity contribution is 6.00. The van der Waals surface area contributed by atoms with E-state index in [2.05, 4.69) is 11.6 Å². The fourth-order valence-electron chi connectivity index (χ4n) is 1.65. The summed E-state index contributed by atoms with van der Waals surface area (Å²) in [6.45, 7) is 5.67. The van der Waals surface area contributed by atoms with Crippen LogP contribution in [0.25, 0.3) is 6.08 Å². The monoisotopic (exact) mass is 237 g/mol. The van der Waals surface area contributed by atoms with Gasteiger partial charge >= 0.3 is 0 Å². The van der Waals surface area contributed by atoms with Crippen LogP contribution in [-0.2, 0) is 0 Å². The van der Waals surface area contributed by atoms with Gasteiger partial charge in [-0.1, -0.05) is 24.8 Å². The number of phenolic OH excluding ortho intramolecular Hbond substituents is 1. The maximum atomic E-state index is 9.24. The topological polar surface area (TPSA) is 32.6 Å². The molecule has 0 bridgehead atoms. The number of aromatic hydroxyl groups is 1. The predicted octanol–water partition coefficient (Wildman–Crippen LogP) is 4.18. The first kappa shape index (κ1) is 12.1. The summed E-state index contributed by atoms with van der Waals surface area (Å²) in [5, 5.41) is 9.24. The molecule has 1 N–H and O–H groups in total. The van der Waals surface area contributed by atoms with Gasteiger partial charge in [0, 0.05) is 5.71 Å². The highest BCUT2D eigenvalue weighted by Crippen LogP contribution is 2.17. The van der Waals surface area contributed by atoms with E-state index >= 15 is 0 Å². The Morgan fingerprint density at radius 1 is 1.06 bits per heavy atom. The molecular formula is C16H15NO. The Balaban J connectivity index is 2.26. The van der Waals surface area contributed by atoms with Gasteiger partial charge in [-0.05, 0) is 54.4 Å². The van der Waals surface area contributed by atoms with E-state index in [-0.39, 0.29) is 5.75 Å². The van der Waals surface area contributed by atoms with E-state index in [1.54, 1.807) is 18.2 Å². The second-order valence-corrected chi connectivity index (χ2v) is 4.04. The molecule has 0 heterocycles. The molecule has 0 aromatic heterocycles. The lowest BCUT2D eigenvalue weighted by Gasteiger charge is -2.02. The first-order valence-corrected chi connectivity index (χ1v) is 5.76. The third-order valence-electron chi connectivity index (χ3n) is 2.71. The lowest BCUT2D eigenvalue weighted by molar-refractivity contribution is 0.475. The van der Waals surface area contributed by atoms with E-state index in [0.717, 1.165) is 22.5 Å². The second kappa shape index (κ2) is 5.32. The molecule has 2 aromatic carbocycles. The summed E-state index contributed by atoms with van der Waals surface area (Å²) in [6, 6.07) is 14.9. The Bertz CT molecular complexity index is 565. The van der Waals surface area contributed by atoms with Crippen molar-refractivity contribution in [2.75, 3.05) is 0 Å².